The van der Waals surface area contributed by atoms with E-state index < -0.39 is 9.84 Å². The summed E-state index contributed by atoms with van der Waals surface area (Å²) in [6, 6.07) is 1.48. The van der Waals surface area contributed by atoms with Crippen LogP contribution in [0.1, 0.15) is 6.92 Å². The first kappa shape index (κ1) is 8.62. The molecule has 0 saturated heterocycles. The molecule has 5 heteroatoms. The molecule has 1 rings (SSSR count). The first-order valence-electron chi connectivity index (χ1n) is 3.13. The van der Waals surface area contributed by atoms with Crippen molar-refractivity contribution in [3.63, 3.8) is 0 Å². The molecule has 0 spiro atoms. The fourth-order valence-corrected chi connectivity index (χ4v) is 1.80. The monoisotopic (exact) mass is 193 g/mol. The quantitative estimate of drug-likeness (QED) is 0.710. The van der Waals surface area contributed by atoms with E-state index in [1.807, 2.05) is 0 Å². The van der Waals surface area contributed by atoms with Crippen molar-refractivity contribution in [1.82, 2.24) is 4.09 Å². The second-order valence-corrected chi connectivity index (χ2v) is 4.76. The predicted octanol–water partition coefficient (Wildman–Crippen LogP) is 1.28. The third kappa shape index (κ3) is 1.75. The molecule has 0 amide bonds. The van der Waals surface area contributed by atoms with Gasteiger partial charge in [-0.2, -0.15) is 0 Å². The van der Waals surface area contributed by atoms with Crippen LogP contribution in [0.3, 0.4) is 0 Å². The Morgan fingerprint density at radius 2 is 2.27 bits per heavy atom. The summed E-state index contributed by atoms with van der Waals surface area (Å²) in [6.45, 7) is 1.60. The van der Waals surface area contributed by atoms with Gasteiger partial charge in [0, 0.05) is 24.2 Å². The minimum atomic E-state index is -3.08. The first-order chi connectivity index (χ1) is 5.06. The first-order valence-corrected chi connectivity index (χ1v) is 5.12. The number of hydrogen-bond donors (Lipinski definition) is 0. The molecule has 62 valence electrons. The van der Waals surface area contributed by atoms with E-state index in [-0.39, 0.29) is 10.6 Å². The molecule has 0 bridgehead atoms. The van der Waals surface area contributed by atoms with Gasteiger partial charge in [0.25, 0.3) is 0 Å². The number of aromatic nitrogens is 1. The molecule has 0 saturated carbocycles. The highest BCUT2D eigenvalue weighted by molar-refractivity contribution is 7.91. The van der Waals surface area contributed by atoms with Gasteiger partial charge in [0.15, 0.2) is 9.84 Å². The zero-order valence-electron chi connectivity index (χ0n) is 5.99. The van der Waals surface area contributed by atoms with Crippen LogP contribution in [0.2, 0.25) is 0 Å². The van der Waals surface area contributed by atoms with E-state index in [0.717, 1.165) is 0 Å². The van der Waals surface area contributed by atoms with E-state index in [1.54, 1.807) is 6.92 Å². The van der Waals surface area contributed by atoms with Gasteiger partial charge in [0.1, 0.15) is 0 Å². The maximum atomic E-state index is 11.1. The second-order valence-electron chi connectivity index (χ2n) is 2.09. The van der Waals surface area contributed by atoms with Gasteiger partial charge in [-0.05, 0) is 6.07 Å². The van der Waals surface area contributed by atoms with Gasteiger partial charge in [0.2, 0.25) is 0 Å². The average Bonchev–Trinajstić information content (AvgIpc) is 2.36. The molecule has 3 nitrogen and oxygen atoms in total. The van der Waals surface area contributed by atoms with Crippen LogP contribution in [-0.2, 0) is 9.84 Å². The molecule has 0 aliphatic carbocycles. The number of hydrogen-bond acceptors (Lipinski definition) is 2. The third-order valence-corrected chi connectivity index (χ3v) is 3.30. The third-order valence-electron chi connectivity index (χ3n) is 1.37. The van der Waals surface area contributed by atoms with Crippen molar-refractivity contribution in [1.29, 1.82) is 0 Å². The highest BCUT2D eigenvalue weighted by Crippen LogP contribution is 2.11. The molecule has 0 fully saturated rings. The molecule has 0 radical (unpaired) electrons. The normalized spacial score (nSPS) is 11.8. The molecule has 0 aliphatic rings. The topological polar surface area (TPSA) is 39.1 Å². The van der Waals surface area contributed by atoms with Crippen molar-refractivity contribution in [3.05, 3.63) is 18.5 Å². The largest absolute Gasteiger partial charge is 0.267 e. The highest BCUT2D eigenvalue weighted by Gasteiger charge is 2.11. The van der Waals surface area contributed by atoms with Crippen LogP contribution in [0, 0.1) is 0 Å². The van der Waals surface area contributed by atoms with E-state index in [4.69, 9.17) is 11.8 Å². The van der Waals surface area contributed by atoms with Crippen molar-refractivity contribution in [2.45, 2.75) is 11.8 Å². The molecule has 1 aromatic heterocycles. The number of halogens is 1. The van der Waals surface area contributed by atoms with Gasteiger partial charge in [0.05, 0.1) is 10.6 Å². The molecule has 0 N–H and O–H groups in total. The zero-order valence-corrected chi connectivity index (χ0v) is 7.56. The number of rotatable bonds is 2. The molecule has 1 aromatic rings. The molecule has 0 aromatic carbocycles. The van der Waals surface area contributed by atoms with Gasteiger partial charge in [-0.25, -0.2) is 8.42 Å². The minimum absolute atomic E-state index is 0.105. The molecular weight excluding hydrogens is 186 g/mol. The maximum absolute atomic E-state index is 11.1. The summed E-state index contributed by atoms with van der Waals surface area (Å²) >= 11 is 5.48. The molecule has 1 heterocycles. The van der Waals surface area contributed by atoms with E-state index in [1.165, 1.54) is 22.5 Å². The Labute approximate surface area is 70.6 Å². The fourth-order valence-electron chi connectivity index (χ4n) is 0.703. The van der Waals surface area contributed by atoms with Crippen LogP contribution >= 0.6 is 11.8 Å². The zero-order chi connectivity index (χ0) is 8.48. The number of sulfone groups is 1. The van der Waals surface area contributed by atoms with E-state index >= 15 is 0 Å². The van der Waals surface area contributed by atoms with E-state index in [9.17, 15) is 8.42 Å². The lowest BCUT2D eigenvalue weighted by molar-refractivity contribution is 0.597. The summed E-state index contributed by atoms with van der Waals surface area (Å²) in [4.78, 5) is 0.273. The summed E-state index contributed by atoms with van der Waals surface area (Å²) in [5.74, 6) is 0.105. The molecule has 0 unspecified atom stereocenters. The Morgan fingerprint density at radius 1 is 1.64 bits per heavy atom. The molecule has 11 heavy (non-hydrogen) atoms. The second kappa shape index (κ2) is 2.87. The Balaban J connectivity index is 3.13. The Hall–Kier alpha value is -0.480. The summed E-state index contributed by atoms with van der Waals surface area (Å²) in [6.07, 6.45) is 2.87. The van der Waals surface area contributed by atoms with Gasteiger partial charge >= 0.3 is 0 Å². The maximum Gasteiger partial charge on any atom is 0.179 e. The van der Waals surface area contributed by atoms with Crippen LogP contribution in [-0.4, -0.2) is 18.3 Å². The Bertz CT molecular complexity index is 341. The van der Waals surface area contributed by atoms with Gasteiger partial charge < -0.3 is 0 Å². The summed E-state index contributed by atoms with van der Waals surface area (Å²) in [5.41, 5.74) is 0. The van der Waals surface area contributed by atoms with Gasteiger partial charge in [-0.15, -0.1) is 0 Å². The Kier molecular flexibility index (Phi) is 2.25. The van der Waals surface area contributed by atoms with Crippen LogP contribution in [0.4, 0.5) is 0 Å². The van der Waals surface area contributed by atoms with E-state index in [0.29, 0.717) is 0 Å². The van der Waals surface area contributed by atoms with Crippen LogP contribution in [0.15, 0.2) is 23.4 Å². The highest BCUT2D eigenvalue weighted by atomic mass is 35.5. The SMILES string of the molecule is CCS(=O)(=O)c1ccn(Cl)c1. The van der Waals surface area contributed by atoms with E-state index in [2.05, 4.69) is 0 Å². The predicted molar refractivity (Wildman–Crippen MR) is 43.4 cm³/mol. The lowest BCUT2D eigenvalue weighted by Gasteiger charge is -1.93. The van der Waals surface area contributed by atoms with Crippen molar-refractivity contribution in [2.75, 3.05) is 5.75 Å². The summed E-state index contributed by atoms with van der Waals surface area (Å²) in [5, 5.41) is 0. The number of nitrogens with zero attached hydrogens (tertiary/aromatic N) is 1. The standard InChI is InChI=1S/C6H8ClNO2S/c1-2-11(9,10)6-3-4-8(7)5-6/h3-5H,2H2,1H3. The van der Waals surface area contributed by atoms with Gasteiger partial charge in [-0.1, -0.05) is 6.92 Å². The summed E-state index contributed by atoms with van der Waals surface area (Å²) < 4.78 is 23.5. The van der Waals surface area contributed by atoms with Crippen molar-refractivity contribution >= 4 is 21.6 Å². The molecular formula is C6H8ClNO2S. The van der Waals surface area contributed by atoms with Crippen molar-refractivity contribution in [3.8, 4) is 0 Å². The smallest absolute Gasteiger partial charge is 0.179 e. The van der Waals surface area contributed by atoms with Crippen molar-refractivity contribution in [2.24, 2.45) is 0 Å². The lowest BCUT2D eigenvalue weighted by atomic mass is 10.7. The molecule has 0 atom stereocenters. The van der Waals surface area contributed by atoms with Crippen molar-refractivity contribution < 1.29 is 8.42 Å². The lowest BCUT2D eigenvalue weighted by Crippen LogP contribution is -2.01. The molecule has 0 aliphatic heterocycles. The van der Waals surface area contributed by atoms with Crippen LogP contribution in [0.5, 0.6) is 0 Å². The fraction of sp³-hybridized carbons (Fsp3) is 0.333. The minimum Gasteiger partial charge on any atom is -0.267 e. The van der Waals surface area contributed by atoms with Crippen LogP contribution < -0.4 is 0 Å². The summed E-state index contributed by atoms with van der Waals surface area (Å²) in [7, 11) is -3.08. The van der Waals surface area contributed by atoms with Gasteiger partial charge in [-0.3, -0.25) is 4.09 Å². The average molecular weight is 194 g/mol. The Morgan fingerprint density at radius 3 is 2.64 bits per heavy atom. The van der Waals surface area contributed by atoms with Crippen LogP contribution in [0.25, 0.3) is 0 Å².